The van der Waals surface area contributed by atoms with E-state index in [4.69, 9.17) is 0 Å². The third kappa shape index (κ3) is 2.85. The lowest BCUT2D eigenvalue weighted by Gasteiger charge is -2.06. The van der Waals surface area contributed by atoms with Gasteiger partial charge in [0, 0.05) is 22.9 Å². The Kier molecular flexibility index (Phi) is 3.55. The number of aryl methyl sites for hydroxylation is 3. The molecule has 1 aromatic carbocycles. The Hall–Kier alpha value is -2.08. The number of hydrogen-bond donors (Lipinski definition) is 2. The fourth-order valence-corrected chi connectivity index (χ4v) is 3.19. The van der Waals surface area contributed by atoms with Crippen molar-refractivity contribution in [3.8, 4) is 0 Å². The molecule has 0 amide bonds. The Morgan fingerprint density at radius 2 is 2.00 bits per heavy atom. The Labute approximate surface area is 126 Å². The van der Waals surface area contributed by atoms with Crippen molar-refractivity contribution >= 4 is 22.7 Å². The fourth-order valence-electron chi connectivity index (χ4n) is 2.44. The highest BCUT2D eigenvalue weighted by Crippen LogP contribution is 2.20. The average Bonchev–Trinajstić information content (AvgIpc) is 2.81. The van der Waals surface area contributed by atoms with E-state index in [1.54, 1.807) is 6.07 Å². The van der Waals surface area contributed by atoms with Crippen molar-refractivity contribution in [3.05, 3.63) is 51.1 Å². The highest BCUT2D eigenvalue weighted by molar-refractivity contribution is 7.98. The molecule has 5 nitrogen and oxygen atoms in total. The molecule has 0 saturated carbocycles. The molecular weight excluding hydrogens is 284 g/mol. The second-order valence-electron chi connectivity index (χ2n) is 5.16. The maximum absolute atomic E-state index is 12.3. The van der Waals surface area contributed by atoms with Crippen LogP contribution >= 0.6 is 11.8 Å². The number of rotatable bonds is 3. The van der Waals surface area contributed by atoms with Crippen LogP contribution < -0.4 is 5.43 Å². The van der Waals surface area contributed by atoms with Crippen molar-refractivity contribution in [1.82, 2.24) is 20.2 Å². The highest BCUT2D eigenvalue weighted by Gasteiger charge is 2.07. The van der Waals surface area contributed by atoms with Crippen LogP contribution in [-0.2, 0) is 5.75 Å². The summed E-state index contributed by atoms with van der Waals surface area (Å²) in [6, 6.07) is 5.70. The van der Waals surface area contributed by atoms with E-state index in [9.17, 15) is 4.79 Å². The minimum Gasteiger partial charge on any atom is -0.357 e. The molecule has 0 saturated heterocycles. The van der Waals surface area contributed by atoms with Gasteiger partial charge in [0.2, 0.25) is 5.16 Å². The van der Waals surface area contributed by atoms with Crippen LogP contribution in [0.3, 0.4) is 0 Å². The summed E-state index contributed by atoms with van der Waals surface area (Å²) in [5.74, 6) is 1.42. The van der Waals surface area contributed by atoms with Crippen LogP contribution in [0.25, 0.3) is 10.9 Å². The number of thioether (sulfide) groups is 1. The van der Waals surface area contributed by atoms with Crippen molar-refractivity contribution in [2.24, 2.45) is 0 Å². The van der Waals surface area contributed by atoms with Crippen molar-refractivity contribution in [2.75, 3.05) is 0 Å². The van der Waals surface area contributed by atoms with Gasteiger partial charge in [-0.3, -0.25) is 9.89 Å². The van der Waals surface area contributed by atoms with E-state index < -0.39 is 0 Å². The van der Waals surface area contributed by atoms with Gasteiger partial charge in [0.25, 0.3) is 0 Å². The van der Waals surface area contributed by atoms with Gasteiger partial charge in [-0.2, -0.15) is 0 Å². The van der Waals surface area contributed by atoms with Gasteiger partial charge in [-0.15, -0.1) is 5.10 Å². The number of H-pyrrole nitrogens is 2. The van der Waals surface area contributed by atoms with Crippen molar-refractivity contribution < 1.29 is 0 Å². The molecule has 0 unspecified atom stereocenters. The normalized spacial score (nSPS) is 11.2. The molecule has 0 aliphatic rings. The second kappa shape index (κ2) is 5.37. The van der Waals surface area contributed by atoms with Crippen LogP contribution in [0.1, 0.15) is 22.6 Å². The SMILES string of the molecule is Cc1cc(C)c2c(=O)cc(CSc3n[nH]c(C)n3)[nH]c2c1. The molecule has 0 spiro atoms. The maximum Gasteiger partial charge on any atom is 0.208 e. The van der Waals surface area contributed by atoms with Gasteiger partial charge in [0.1, 0.15) is 5.82 Å². The zero-order valence-corrected chi connectivity index (χ0v) is 13.0. The molecule has 2 heterocycles. The Morgan fingerprint density at radius 1 is 1.19 bits per heavy atom. The summed E-state index contributed by atoms with van der Waals surface area (Å²) in [7, 11) is 0. The number of pyridine rings is 1. The number of nitrogens with zero attached hydrogens (tertiary/aromatic N) is 2. The van der Waals surface area contributed by atoms with E-state index in [1.165, 1.54) is 11.8 Å². The zero-order valence-electron chi connectivity index (χ0n) is 12.2. The average molecular weight is 300 g/mol. The topological polar surface area (TPSA) is 74.4 Å². The summed E-state index contributed by atoms with van der Waals surface area (Å²) in [6.45, 7) is 5.86. The number of nitrogens with one attached hydrogen (secondary N) is 2. The van der Waals surface area contributed by atoms with Crippen molar-refractivity contribution in [3.63, 3.8) is 0 Å². The van der Waals surface area contributed by atoms with E-state index in [1.807, 2.05) is 32.9 Å². The summed E-state index contributed by atoms with van der Waals surface area (Å²) in [6.07, 6.45) is 0. The van der Waals surface area contributed by atoms with Crippen molar-refractivity contribution in [2.45, 2.75) is 31.7 Å². The lowest BCUT2D eigenvalue weighted by atomic mass is 10.1. The van der Waals surface area contributed by atoms with E-state index in [2.05, 4.69) is 20.2 Å². The third-order valence-electron chi connectivity index (χ3n) is 3.26. The smallest absolute Gasteiger partial charge is 0.208 e. The molecular formula is C15H16N4OS. The number of benzene rings is 1. The summed E-state index contributed by atoms with van der Waals surface area (Å²) in [5, 5.41) is 8.34. The number of hydrogen-bond acceptors (Lipinski definition) is 4. The van der Waals surface area contributed by atoms with Gasteiger partial charge in [-0.1, -0.05) is 17.8 Å². The number of fused-ring (bicyclic) bond motifs is 1. The summed E-state index contributed by atoms with van der Waals surface area (Å²) in [5.41, 5.74) is 3.98. The molecule has 3 aromatic rings. The molecule has 2 N–H and O–H groups in total. The Bertz CT molecular complexity index is 866. The molecule has 0 atom stereocenters. The van der Waals surface area contributed by atoms with Crippen LogP contribution in [0.2, 0.25) is 0 Å². The predicted molar refractivity (Wildman–Crippen MR) is 84.7 cm³/mol. The molecule has 108 valence electrons. The van der Waals surface area contributed by atoms with E-state index in [0.29, 0.717) is 10.9 Å². The quantitative estimate of drug-likeness (QED) is 0.729. The Morgan fingerprint density at radius 3 is 2.71 bits per heavy atom. The standard InChI is InChI=1S/C15H16N4OS/c1-8-4-9(2)14-12(5-8)17-11(6-13(14)20)7-21-15-16-10(3)18-19-15/h4-6H,7H2,1-3H3,(H,17,20)(H,16,18,19). The van der Waals surface area contributed by atoms with E-state index in [0.717, 1.165) is 33.5 Å². The van der Waals surface area contributed by atoms with Gasteiger partial charge >= 0.3 is 0 Å². The van der Waals surface area contributed by atoms with E-state index >= 15 is 0 Å². The first kappa shape index (κ1) is 13.9. The Balaban J connectivity index is 1.95. The molecule has 0 radical (unpaired) electrons. The molecule has 0 aliphatic carbocycles. The molecule has 6 heteroatoms. The molecule has 0 fully saturated rings. The molecule has 3 rings (SSSR count). The lowest BCUT2D eigenvalue weighted by molar-refractivity contribution is 0.968. The first-order valence-corrected chi connectivity index (χ1v) is 7.66. The zero-order chi connectivity index (χ0) is 15.0. The molecule has 0 bridgehead atoms. The van der Waals surface area contributed by atoms with E-state index in [-0.39, 0.29) is 5.43 Å². The van der Waals surface area contributed by atoms with Crippen LogP contribution in [0.15, 0.2) is 28.2 Å². The monoisotopic (exact) mass is 300 g/mol. The largest absolute Gasteiger partial charge is 0.357 e. The second-order valence-corrected chi connectivity index (χ2v) is 6.10. The van der Waals surface area contributed by atoms with Crippen LogP contribution in [0, 0.1) is 20.8 Å². The van der Waals surface area contributed by atoms with Crippen LogP contribution in [0.4, 0.5) is 0 Å². The maximum atomic E-state index is 12.3. The predicted octanol–water partition coefficient (Wildman–Crippen LogP) is 2.86. The minimum atomic E-state index is 0.0583. The number of aromatic nitrogens is 4. The number of aromatic amines is 2. The first-order chi connectivity index (χ1) is 10.0. The molecule has 21 heavy (non-hydrogen) atoms. The van der Waals surface area contributed by atoms with Gasteiger partial charge < -0.3 is 4.98 Å². The van der Waals surface area contributed by atoms with Crippen LogP contribution in [0.5, 0.6) is 0 Å². The third-order valence-corrected chi connectivity index (χ3v) is 4.16. The summed E-state index contributed by atoms with van der Waals surface area (Å²) >= 11 is 1.50. The van der Waals surface area contributed by atoms with Gasteiger partial charge in [-0.25, -0.2) is 4.98 Å². The summed E-state index contributed by atoms with van der Waals surface area (Å²) < 4.78 is 0. The lowest BCUT2D eigenvalue weighted by Crippen LogP contribution is -2.06. The minimum absolute atomic E-state index is 0.0583. The summed E-state index contributed by atoms with van der Waals surface area (Å²) in [4.78, 5) is 19.9. The van der Waals surface area contributed by atoms with Gasteiger partial charge in [0.05, 0.1) is 5.52 Å². The van der Waals surface area contributed by atoms with Crippen LogP contribution in [-0.4, -0.2) is 20.2 Å². The van der Waals surface area contributed by atoms with Crippen molar-refractivity contribution in [1.29, 1.82) is 0 Å². The molecule has 2 aromatic heterocycles. The highest BCUT2D eigenvalue weighted by atomic mass is 32.2. The fraction of sp³-hybridized carbons (Fsp3) is 0.267. The van der Waals surface area contributed by atoms with Gasteiger partial charge in [-0.05, 0) is 38.0 Å². The first-order valence-electron chi connectivity index (χ1n) is 6.68. The van der Waals surface area contributed by atoms with Gasteiger partial charge in [0.15, 0.2) is 5.43 Å². The molecule has 0 aliphatic heterocycles.